The molecule has 2 rings (SSSR count). The summed E-state index contributed by atoms with van der Waals surface area (Å²) in [6, 6.07) is 0. The van der Waals surface area contributed by atoms with Crippen molar-refractivity contribution in [2.45, 2.75) is 70.0 Å². The predicted octanol–water partition coefficient (Wildman–Crippen LogP) is 2.87. The fourth-order valence-electron chi connectivity index (χ4n) is 2.99. The first-order valence-corrected chi connectivity index (χ1v) is 6.73. The van der Waals surface area contributed by atoms with Gasteiger partial charge in [0, 0.05) is 6.54 Å². The minimum atomic E-state index is 0.317. The number of ether oxygens (including phenoxy) is 1. The van der Waals surface area contributed by atoms with Crippen molar-refractivity contribution in [3.05, 3.63) is 0 Å². The molecule has 2 aliphatic rings. The molecular weight excluding hydrogens is 186 g/mol. The molecule has 1 N–H and O–H groups in total. The van der Waals surface area contributed by atoms with Crippen molar-refractivity contribution in [3.63, 3.8) is 0 Å². The van der Waals surface area contributed by atoms with Crippen molar-refractivity contribution in [3.8, 4) is 0 Å². The minimum Gasteiger partial charge on any atom is -0.370 e. The van der Waals surface area contributed by atoms with Crippen LogP contribution in [0.3, 0.4) is 0 Å². The molecule has 1 saturated heterocycles. The number of rotatable bonds is 5. The highest BCUT2D eigenvalue weighted by molar-refractivity contribution is 4.93. The average molecular weight is 211 g/mol. The van der Waals surface area contributed by atoms with E-state index >= 15 is 0 Å². The molecule has 1 spiro atoms. The Morgan fingerprint density at radius 3 is 2.80 bits per heavy atom. The molecule has 2 nitrogen and oxygen atoms in total. The van der Waals surface area contributed by atoms with E-state index in [0.29, 0.717) is 11.7 Å². The molecular formula is C13H25NO. The molecule has 0 aromatic heterocycles. The third-order valence-electron chi connectivity index (χ3n) is 3.93. The van der Waals surface area contributed by atoms with Gasteiger partial charge < -0.3 is 10.1 Å². The molecule has 1 atom stereocenters. The van der Waals surface area contributed by atoms with Gasteiger partial charge in [-0.2, -0.15) is 0 Å². The maximum Gasteiger partial charge on any atom is 0.0708 e. The third-order valence-corrected chi connectivity index (χ3v) is 3.93. The molecule has 0 bridgehead atoms. The van der Waals surface area contributed by atoms with Gasteiger partial charge in [-0.05, 0) is 38.6 Å². The molecule has 1 heterocycles. The van der Waals surface area contributed by atoms with Gasteiger partial charge in [-0.15, -0.1) is 0 Å². The van der Waals surface area contributed by atoms with E-state index in [0.717, 1.165) is 13.1 Å². The van der Waals surface area contributed by atoms with Crippen molar-refractivity contribution in [1.82, 2.24) is 5.32 Å². The molecule has 0 aromatic carbocycles. The van der Waals surface area contributed by atoms with Crippen LogP contribution in [-0.4, -0.2) is 24.8 Å². The lowest BCUT2D eigenvalue weighted by molar-refractivity contribution is -0.0350. The quantitative estimate of drug-likeness (QED) is 0.706. The Morgan fingerprint density at radius 2 is 2.07 bits per heavy atom. The summed E-state index contributed by atoms with van der Waals surface area (Å²) in [4.78, 5) is 0. The SMILES string of the molecule is CCCCNCC1CCC2(CCCC2)O1. The van der Waals surface area contributed by atoms with Gasteiger partial charge in [-0.1, -0.05) is 26.2 Å². The molecule has 2 fully saturated rings. The summed E-state index contributed by atoms with van der Waals surface area (Å²) in [6.07, 6.45) is 11.1. The van der Waals surface area contributed by atoms with Gasteiger partial charge in [-0.25, -0.2) is 0 Å². The monoisotopic (exact) mass is 211 g/mol. The zero-order chi connectivity index (χ0) is 10.6. The van der Waals surface area contributed by atoms with Crippen molar-refractivity contribution >= 4 is 0 Å². The maximum atomic E-state index is 6.23. The van der Waals surface area contributed by atoms with Crippen LogP contribution in [0.4, 0.5) is 0 Å². The second kappa shape index (κ2) is 5.31. The summed E-state index contributed by atoms with van der Waals surface area (Å²) in [6.45, 7) is 4.46. The van der Waals surface area contributed by atoms with Gasteiger partial charge in [0.25, 0.3) is 0 Å². The predicted molar refractivity (Wildman–Crippen MR) is 63.1 cm³/mol. The van der Waals surface area contributed by atoms with Crippen LogP contribution < -0.4 is 5.32 Å². The lowest BCUT2D eigenvalue weighted by Gasteiger charge is -2.23. The fourth-order valence-corrected chi connectivity index (χ4v) is 2.99. The Hall–Kier alpha value is -0.0800. The lowest BCUT2D eigenvalue weighted by Crippen LogP contribution is -2.31. The Kier molecular flexibility index (Phi) is 4.04. The molecule has 0 radical (unpaired) electrons. The van der Waals surface area contributed by atoms with Crippen LogP contribution in [0.1, 0.15) is 58.3 Å². The Labute approximate surface area is 93.8 Å². The second-order valence-corrected chi connectivity index (χ2v) is 5.23. The van der Waals surface area contributed by atoms with Crippen LogP contribution in [0.25, 0.3) is 0 Å². The van der Waals surface area contributed by atoms with Crippen molar-refractivity contribution in [1.29, 1.82) is 0 Å². The Balaban J connectivity index is 1.64. The van der Waals surface area contributed by atoms with Crippen LogP contribution in [0.2, 0.25) is 0 Å². The van der Waals surface area contributed by atoms with Crippen molar-refractivity contribution in [2.24, 2.45) is 0 Å². The molecule has 1 aliphatic heterocycles. The Morgan fingerprint density at radius 1 is 1.27 bits per heavy atom. The van der Waals surface area contributed by atoms with Gasteiger partial charge in [0.2, 0.25) is 0 Å². The van der Waals surface area contributed by atoms with Gasteiger partial charge >= 0.3 is 0 Å². The van der Waals surface area contributed by atoms with E-state index in [2.05, 4.69) is 12.2 Å². The number of hydrogen-bond donors (Lipinski definition) is 1. The molecule has 1 aliphatic carbocycles. The van der Waals surface area contributed by atoms with Crippen LogP contribution in [-0.2, 0) is 4.74 Å². The molecule has 0 amide bonds. The summed E-state index contributed by atoms with van der Waals surface area (Å²) in [5.41, 5.74) is 0.317. The summed E-state index contributed by atoms with van der Waals surface area (Å²) < 4.78 is 6.23. The average Bonchev–Trinajstić information content (AvgIpc) is 2.85. The van der Waals surface area contributed by atoms with Crippen molar-refractivity contribution < 1.29 is 4.74 Å². The van der Waals surface area contributed by atoms with Crippen LogP contribution in [0, 0.1) is 0 Å². The van der Waals surface area contributed by atoms with Gasteiger partial charge in [0.1, 0.15) is 0 Å². The number of unbranched alkanes of at least 4 members (excludes halogenated alkanes) is 1. The number of hydrogen-bond acceptors (Lipinski definition) is 2. The van der Waals surface area contributed by atoms with Crippen molar-refractivity contribution in [2.75, 3.05) is 13.1 Å². The molecule has 1 saturated carbocycles. The normalized spacial score (nSPS) is 29.0. The zero-order valence-corrected chi connectivity index (χ0v) is 10.1. The topological polar surface area (TPSA) is 21.3 Å². The molecule has 1 unspecified atom stereocenters. The molecule has 88 valence electrons. The molecule has 0 aromatic rings. The largest absolute Gasteiger partial charge is 0.370 e. The summed E-state index contributed by atoms with van der Waals surface area (Å²) in [5, 5.41) is 3.51. The van der Waals surface area contributed by atoms with E-state index < -0.39 is 0 Å². The van der Waals surface area contributed by atoms with E-state index in [1.165, 1.54) is 51.4 Å². The molecule has 15 heavy (non-hydrogen) atoms. The van der Waals surface area contributed by atoms with Crippen LogP contribution >= 0.6 is 0 Å². The van der Waals surface area contributed by atoms with E-state index in [9.17, 15) is 0 Å². The van der Waals surface area contributed by atoms with Gasteiger partial charge in [0.05, 0.1) is 11.7 Å². The summed E-state index contributed by atoms with van der Waals surface area (Å²) in [5.74, 6) is 0. The highest BCUT2D eigenvalue weighted by Gasteiger charge is 2.41. The first-order valence-electron chi connectivity index (χ1n) is 6.73. The van der Waals surface area contributed by atoms with Gasteiger partial charge in [0.15, 0.2) is 0 Å². The van der Waals surface area contributed by atoms with E-state index in [-0.39, 0.29) is 0 Å². The van der Waals surface area contributed by atoms with Gasteiger partial charge in [-0.3, -0.25) is 0 Å². The third kappa shape index (κ3) is 2.94. The highest BCUT2D eigenvalue weighted by Crippen LogP contribution is 2.43. The Bertz CT molecular complexity index is 187. The lowest BCUT2D eigenvalue weighted by atomic mass is 9.98. The highest BCUT2D eigenvalue weighted by atomic mass is 16.5. The van der Waals surface area contributed by atoms with E-state index in [4.69, 9.17) is 4.74 Å². The zero-order valence-electron chi connectivity index (χ0n) is 10.1. The minimum absolute atomic E-state index is 0.317. The second-order valence-electron chi connectivity index (χ2n) is 5.23. The van der Waals surface area contributed by atoms with E-state index in [1.807, 2.05) is 0 Å². The first-order chi connectivity index (χ1) is 7.35. The standard InChI is InChI=1S/C13H25NO/c1-2-3-10-14-11-12-6-9-13(15-12)7-4-5-8-13/h12,14H,2-11H2,1H3. The van der Waals surface area contributed by atoms with Crippen LogP contribution in [0.15, 0.2) is 0 Å². The fraction of sp³-hybridized carbons (Fsp3) is 1.00. The van der Waals surface area contributed by atoms with Crippen LogP contribution in [0.5, 0.6) is 0 Å². The molecule has 2 heteroatoms. The maximum absolute atomic E-state index is 6.23. The smallest absolute Gasteiger partial charge is 0.0708 e. The van der Waals surface area contributed by atoms with E-state index in [1.54, 1.807) is 0 Å². The number of nitrogens with one attached hydrogen (secondary N) is 1. The first kappa shape index (κ1) is 11.4. The summed E-state index contributed by atoms with van der Waals surface area (Å²) >= 11 is 0. The summed E-state index contributed by atoms with van der Waals surface area (Å²) in [7, 11) is 0.